The molecule has 1 aromatic rings. The second kappa shape index (κ2) is 13.2. The van der Waals surface area contributed by atoms with Crippen molar-refractivity contribution in [1.82, 2.24) is 9.80 Å². The van der Waals surface area contributed by atoms with Gasteiger partial charge in [-0.15, -0.1) is 5.92 Å². The highest BCUT2D eigenvalue weighted by Crippen LogP contribution is 2.22. The van der Waals surface area contributed by atoms with Gasteiger partial charge >= 0.3 is 5.97 Å². The summed E-state index contributed by atoms with van der Waals surface area (Å²) >= 11 is 0. The van der Waals surface area contributed by atoms with Crippen LogP contribution < -0.4 is 4.74 Å². The van der Waals surface area contributed by atoms with Gasteiger partial charge < -0.3 is 19.1 Å². The standard InChI is InChI=1S/C22H34N2O4/c1-7-9-12-24(5)20(16-27-17-22(25)28-8-2)14-18-10-11-21(26-6)19(13-18)15-23(3)4/h10-11,13,20H,8,12,14-17H2,1-6H3/t20-/m0/s1. The molecule has 156 valence electrons. The Hall–Kier alpha value is -2.07. The largest absolute Gasteiger partial charge is 0.496 e. The summed E-state index contributed by atoms with van der Waals surface area (Å²) in [5, 5.41) is 0. The third-order valence-electron chi connectivity index (χ3n) is 4.27. The quantitative estimate of drug-likeness (QED) is 0.403. The second-order valence-corrected chi connectivity index (χ2v) is 6.90. The maximum Gasteiger partial charge on any atom is 0.332 e. The molecule has 28 heavy (non-hydrogen) atoms. The molecule has 0 aliphatic heterocycles. The highest BCUT2D eigenvalue weighted by atomic mass is 16.6. The lowest BCUT2D eigenvalue weighted by Gasteiger charge is -2.27. The Labute approximate surface area is 169 Å². The van der Waals surface area contributed by atoms with E-state index in [-0.39, 0.29) is 18.6 Å². The summed E-state index contributed by atoms with van der Waals surface area (Å²) in [5.41, 5.74) is 2.34. The van der Waals surface area contributed by atoms with Crippen LogP contribution in [0.3, 0.4) is 0 Å². The fraction of sp³-hybridized carbons (Fsp3) is 0.591. The monoisotopic (exact) mass is 390 g/mol. The van der Waals surface area contributed by atoms with Gasteiger partial charge in [0.15, 0.2) is 0 Å². The van der Waals surface area contributed by atoms with E-state index in [2.05, 4.69) is 33.8 Å². The maximum absolute atomic E-state index is 11.5. The third kappa shape index (κ3) is 8.75. The van der Waals surface area contributed by atoms with E-state index in [1.165, 1.54) is 5.56 Å². The van der Waals surface area contributed by atoms with E-state index in [0.29, 0.717) is 19.8 Å². The van der Waals surface area contributed by atoms with E-state index in [0.717, 1.165) is 24.3 Å². The molecule has 0 saturated carbocycles. The lowest BCUT2D eigenvalue weighted by atomic mass is 10.0. The average molecular weight is 391 g/mol. The van der Waals surface area contributed by atoms with Crippen LogP contribution in [-0.4, -0.2) is 76.4 Å². The normalized spacial score (nSPS) is 11.9. The van der Waals surface area contributed by atoms with Gasteiger partial charge in [-0.05, 0) is 53.0 Å². The summed E-state index contributed by atoms with van der Waals surface area (Å²) in [6.45, 7) is 5.81. The fourth-order valence-corrected chi connectivity index (χ4v) is 2.85. The minimum atomic E-state index is -0.338. The maximum atomic E-state index is 11.5. The van der Waals surface area contributed by atoms with Gasteiger partial charge in [0, 0.05) is 18.2 Å². The van der Waals surface area contributed by atoms with Crippen molar-refractivity contribution in [1.29, 1.82) is 0 Å². The van der Waals surface area contributed by atoms with Crippen LogP contribution in [0.2, 0.25) is 0 Å². The molecule has 0 radical (unpaired) electrons. The fourth-order valence-electron chi connectivity index (χ4n) is 2.85. The van der Waals surface area contributed by atoms with Crippen LogP contribution in [0.4, 0.5) is 0 Å². The molecule has 0 heterocycles. The highest BCUT2D eigenvalue weighted by molar-refractivity contribution is 5.70. The number of hydrogen-bond donors (Lipinski definition) is 0. The molecule has 0 aromatic heterocycles. The van der Waals surface area contributed by atoms with Gasteiger partial charge in [-0.1, -0.05) is 18.1 Å². The van der Waals surface area contributed by atoms with Gasteiger partial charge in [-0.2, -0.15) is 0 Å². The van der Waals surface area contributed by atoms with E-state index >= 15 is 0 Å². The second-order valence-electron chi connectivity index (χ2n) is 6.90. The molecule has 0 unspecified atom stereocenters. The van der Waals surface area contributed by atoms with Crippen molar-refractivity contribution in [3.63, 3.8) is 0 Å². The van der Waals surface area contributed by atoms with E-state index in [4.69, 9.17) is 14.2 Å². The Bertz CT molecular complexity index is 664. The van der Waals surface area contributed by atoms with E-state index in [9.17, 15) is 4.79 Å². The highest BCUT2D eigenvalue weighted by Gasteiger charge is 2.17. The Kier molecular flexibility index (Phi) is 11.3. The van der Waals surface area contributed by atoms with Crippen molar-refractivity contribution < 1.29 is 19.0 Å². The van der Waals surface area contributed by atoms with Crippen LogP contribution in [0, 0.1) is 11.8 Å². The zero-order valence-electron chi connectivity index (χ0n) is 18.1. The van der Waals surface area contributed by atoms with Crippen LogP contribution in [-0.2, 0) is 27.2 Å². The number of likely N-dealkylation sites (N-methyl/N-ethyl adjacent to an activating group) is 1. The SMILES string of the molecule is CC#CCN(C)[C@H](COCC(=O)OCC)Cc1ccc(OC)c(CN(C)C)c1. The average Bonchev–Trinajstić information content (AvgIpc) is 2.65. The zero-order valence-corrected chi connectivity index (χ0v) is 18.1. The predicted molar refractivity (Wildman–Crippen MR) is 111 cm³/mol. The number of carbonyl (C=O) groups is 1. The first kappa shape index (κ1) is 24.0. The van der Waals surface area contributed by atoms with Crippen molar-refractivity contribution >= 4 is 5.97 Å². The number of ether oxygens (including phenoxy) is 3. The third-order valence-corrected chi connectivity index (χ3v) is 4.27. The first-order valence-corrected chi connectivity index (χ1v) is 9.54. The molecule has 6 heteroatoms. The molecule has 0 aliphatic rings. The number of benzene rings is 1. The molecule has 1 rings (SSSR count). The summed E-state index contributed by atoms with van der Waals surface area (Å²) in [5.74, 6) is 6.57. The molecule has 6 nitrogen and oxygen atoms in total. The number of rotatable bonds is 12. The number of nitrogens with zero attached hydrogens (tertiary/aromatic N) is 2. The zero-order chi connectivity index (χ0) is 20.9. The van der Waals surface area contributed by atoms with Gasteiger partial charge in [-0.3, -0.25) is 4.90 Å². The van der Waals surface area contributed by atoms with Crippen molar-refractivity contribution in [3.8, 4) is 17.6 Å². The molecular formula is C22H34N2O4. The van der Waals surface area contributed by atoms with Crippen molar-refractivity contribution in [2.75, 3.05) is 54.6 Å². The minimum Gasteiger partial charge on any atom is -0.496 e. The van der Waals surface area contributed by atoms with Crippen LogP contribution in [0.1, 0.15) is 25.0 Å². The van der Waals surface area contributed by atoms with Crippen LogP contribution in [0.25, 0.3) is 0 Å². The molecule has 0 bridgehead atoms. The Balaban J connectivity index is 2.88. The molecule has 0 aliphatic carbocycles. The van der Waals surface area contributed by atoms with E-state index in [1.54, 1.807) is 14.0 Å². The topological polar surface area (TPSA) is 51.2 Å². The van der Waals surface area contributed by atoms with Crippen molar-refractivity contribution in [3.05, 3.63) is 29.3 Å². The number of methoxy groups -OCH3 is 1. The van der Waals surface area contributed by atoms with Crippen LogP contribution >= 0.6 is 0 Å². The molecule has 0 amide bonds. The summed E-state index contributed by atoms with van der Waals surface area (Å²) < 4.78 is 16.0. The molecule has 1 aromatic carbocycles. The smallest absolute Gasteiger partial charge is 0.332 e. The van der Waals surface area contributed by atoms with Gasteiger partial charge in [0.1, 0.15) is 12.4 Å². The van der Waals surface area contributed by atoms with Crippen molar-refractivity contribution in [2.24, 2.45) is 0 Å². The Morgan fingerprint density at radius 2 is 2.00 bits per heavy atom. The summed E-state index contributed by atoms with van der Waals surface area (Å²) in [4.78, 5) is 15.8. The van der Waals surface area contributed by atoms with E-state index in [1.807, 2.05) is 34.1 Å². The summed E-state index contributed by atoms with van der Waals surface area (Å²) in [6, 6.07) is 6.36. The van der Waals surface area contributed by atoms with E-state index < -0.39 is 0 Å². The van der Waals surface area contributed by atoms with Gasteiger partial charge in [-0.25, -0.2) is 4.79 Å². The lowest BCUT2D eigenvalue weighted by molar-refractivity contribution is -0.148. The number of esters is 1. The summed E-state index contributed by atoms with van der Waals surface area (Å²) in [7, 11) is 7.79. The summed E-state index contributed by atoms with van der Waals surface area (Å²) in [6.07, 6.45) is 0.787. The predicted octanol–water partition coefficient (Wildman–Crippen LogP) is 2.20. The van der Waals surface area contributed by atoms with Crippen LogP contribution in [0.15, 0.2) is 18.2 Å². The lowest BCUT2D eigenvalue weighted by Crippen LogP contribution is -2.38. The molecule has 0 spiro atoms. The molecule has 0 N–H and O–H groups in total. The molecule has 0 fully saturated rings. The molecular weight excluding hydrogens is 356 g/mol. The van der Waals surface area contributed by atoms with Gasteiger partial charge in [0.25, 0.3) is 0 Å². The minimum absolute atomic E-state index is 0.0356. The van der Waals surface area contributed by atoms with Crippen LogP contribution in [0.5, 0.6) is 5.75 Å². The number of hydrogen-bond acceptors (Lipinski definition) is 6. The molecule has 0 saturated heterocycles. The Morgan fingerprint density at radius 3 is 2.61 bits per heavy atom. The van der Waals surface area contributed by atoms with Gasteiger partial charge in [0.2, 0.25) is 0 Å². The van der Waals surface area contributed by atoms with Crippen molar-refractivity contribution in [2.45, 2.75) is 32.9 Å². The van der Waals surface area contributed by atoms with Gasteiger partial charge in [0.05, 0.1) is 26.9 Å². The first-order valence-electron chi connectivity index (χ1n) is 9.54. The molecule has 1 atom stereocenters. The number of carbonyl (C=O) groups excluding carboxylic acids is 1. The Morgan fingerprint density at radius 1 is 1.25 bits per heavy atom. The first-order chi connectivity index (χ1) is 13.4.